The zero-order valence-corrected chi connectivity index (χ0v) is 11.7. The molecular formula is C11H9BrF5NO2. The molecule has 1 aromatic heterocycles. The van der Waals surface area contributed by atoms with Gasteiger partial charge in [-0.25, -0.2) is 8.78 Å². The van der Waals surface area contributed by atoms with Crippen molar-refractivity contribution in [3.8, 4) is 0 Å². The third kappa shape index (κ3) is 3.87. The fourth-order valence-corrected chi connectivity index (χ4v) is 2.23. The van der Waals surface area contributed by atoms with Crippen LogP contribution in [0.5, 0.6) is 0 Å². The Bertz CT molecular complexity index is 504. The van der Waals surface area contributed by atoms with Crippen LogP contribution in [0.4, 0.5) is 22.0 Å². The van der Waals surface area contributed by atoms with E-state index in [2.05, 4.69) is 25.7 Å². The van der Waals surface area contributed by atoms with Gasteiger partial charge in [-0.1, -0.05) is 0 Å². The molecule has 0 atom stereocenters. The van der Waals surface area contributed by atoms with Gasteiger partial charge in [-0.15, -0.1) is 0 Å². The first-order valence-electron chi connectivity index (χ1n) is 5.36. The van der Waals surface area contributed by atoms with Crippen molar-refractivity contribution in [1.82, 2.24) is 4.98 Å². The maximum absolute atomic E-state index is 12.9. The summed E-state index contributed by atoms with van der Waals surface area (Å²) in [7, 11) is 0. The average Bonchev–Trinajstić information content (AvgIpc) is 2.26. The van der Waals surface area contributed by atoms with Crippen molar-refractivity contribution in [1.29, 1.82) is 0 Å². The van der Waals surface area contributed by atoms with E-state index in [1.54, 1.807) is 0 Å². The summed E-state index contributed by atoms with van der Waals surface area (Å²) in [6.07, 6.45) is -8.01. The van der Waals surface area contributed by atoms with Gasteiger partial charge in [-0.05, 0) is 28.4 Å². The standard InChI is InChI=1S/C11H9BrF5NO2/c1-2-20-6(19)3-5-4-18-9(11(15,16)17)8(12)7(5)10(13)14/h4,10H,2-3H2,1H3. The lowest BCUT2D eigenvalue weighted by Gasteiger charge is -2.15. The second-order valence-corrected chi connectivity index (χ2v) is 4.43. The van der Waals surface area contributed by atoms with Crippen LogP contribution >= 0.6 is 15.9 Å². The van der Waals surface area contributed by atoms with Crippen LogP contribution in [0.3, 0.4) is 0 Å². The fraction of sp³-hybridized carbons (Fsp3) is 0.455. The molecular weight excluding hydrogens is 353 g/mol. The number of hydrogen-bond acceptors (Lipinski definition) is 3. The number of esters is 1. The lowest BCUT2D eigenvalue weighted by Crippen LogP contribution is -2.15. The molecule has 112 valence electrons. The van der Waals surface area contributed by atoms with Gasteiger partial charge in [0, 0.05) is 11.8 Å². The van der Waals surface area contributed by atoms with Crippen molar-refractivity contribution >= 4 is 21.9 Å². The first-order chi connectivity index (χ1) is 9.18. The summed E-state index contributed by atoms with van der Waals surface area (Å²) < 4.78 is 67.3. The monoisotopic (exact) mass is 361 g/mol. The number of carbonyl (C=O) groups is 1. The SMILES string of the molecule is CCOC(=O)Cc1cnc(C(F)(F)F)c(Br)c1C(F)F. The van der Waals surface area contributed by atoms with E-state index in [0.717, 1.165) is 0 Å². The van der Waals surface area contributed by atoms with Gasteiger partial charge in [0.05, 0.1) is 17.5 Å². The highest BCUT2D eigenvalue weighted by Gasteiger charge is 2.37. The lowest BCUT2D eigenvalue weighted by molar-refractivity contribution is -0.142. The first kappa shape index (κ1) is 16.8. The Morgan fingerprint density at radius 2 is 2.05 bits per heavy atom. The third-order valence-corrected chi connectivity index (χ3v) is 3.07. The van der Waals surface area contributed by atoms with Crippen molar-refractivity contribution in [3.63, 3.8) is 0 Å². The number of ether oxygens (including phenoxy) is 1. The van der Waals surface area contributed by atoms with Crippen LogP contribution in [-0.2, 0) is 22.1 Å². The summed E-state index contributed by atoms with van der Waals surface area (Å²) in [5, 5.41) is 0. The molecule has 0 N–H and O–H groups in total. The van der Waals surface area contributed by atoms with E-state index in [0.29, 0.717) is 6.20 Å². The number of alkyl halides is 5. The second kappa shape index (κ2) is 6.47. The van der Waals surface area contributed by atoms with Gasteiger partial charge in [-0.3, -0.25) is 9.78 Å². The maximum Gasteiger partial charge on any atom is 0.434 e. The molecule has 1 rings (SSSR count). The summed E-state index contributed by atoms with van der Waals surface area (Å²) in [4.78, 5) is 14.3. The number of hydrogen-bond donors (Lipinski definition) is 0. The van der Waals surface area contributed by atoms with E-state index in [9.17, 15) is 26.7 Å². The van der Waals surface area contributed by atoms with Crippen LogP contribution < -0.4 is 0 Å². The van der Waals surface area contributed by atoms with Crippen molar-refractivity contribution < 1.29 is 31.5 Å². The number of nitrogens with zero attached hydrogens (tertiary/aromatic N) is 1. The molecule has 0 aliphatic rings. The van der Waals surface area contributed by atoms with Crippen molar-refractivity contribution in [2.45, 2.75) is 25.9 Å². The summed E-state index contributed by atoms with van der Waals surface area (Å²) in [5.41, 5.74) is -2.67. The molecule has 0 aliphatic carbocycles. The molecule has 0 fully saturated rings. The van der Waals surface area contributed by atoms with E-state index in [1.807, 2.05) is 0 Å². The van der Waals surface area contributed by atoms with E-state index < -0.39 is 40.7 Å². The Labute approximate surface area is 119 Å². The third-order valence-electron chi connectivity index (χ3n) is 2.27. The zero-order chi connectivity index (χ0) is 15.5. The molecule has 20 heavy (non-hydrogen) atoms. The van der Waals surface area contributed by atoms with E-state index in [4.69, 9.17) is 0 Å². The average molecular weight is 362 g/mol. The predicted octanol–water partition coefficient (Wildman–Crippen LogP) is 3.91. The van der Waals surface area contributed by atoms with Crippen LogP contribution in [0, 0.1) is 0 Å². The number of pyridine rings is 1. The van der Waals surface area contributed by atoms with Gasteiger partial charge in [0.15, 0.2) is 5.69 Å². The molecule has 0 spiro atoms. The molecule has 1 aromatic rings. The highest BCUT2D eigenvalue weighted by Crippen LogP contribution is 2.39. The van der Waals surface area contributed by atoms with Gasteiger partial charge in [-0.2, -0.15) is 13.2 Å². The molecule has 3 nitrogen and oxygen atoms in total. The summed E-state index contributed by atoms with van der Waals surface area (Å²) >= 11 is 2.48. The minimum Gasteiger partial charge on any atom is -0.466 e. The Kier molecular flexibility index (Phi) is 5.43. The van der Waals surface area contributed by atoms with Crippen molar-refractivity contribution in [2.24, 2.45) is 0 Å². The van der Waals surface area contributed by atoms with Crippen molar-refractivity contribution in [3.05, 3.63) is 27.5 Å². The summed E-state index contributed by atoms with van der Waals surface area (Å²) in [6.45, 7) is 1.56. The van der Waals surface area contributed by atoms with Crippen LogP contribution in [0.15, 0.2) is 10.7 Å². The number of carbonyl (C=O) groups excluding carboxylic acids is 1. The molecule has 0 saturated heterocycles. The molecule has 0 aromatic carbocycles. The highest BCUT2D eigenvalue weighted by molar-refractivity contribution is 9.10. The number of rotatable bonds is 4. The molecule has 0 aliphatic heterocycles. The van der Waals surface area contributed by atoms with Gasteiger partial charge < -0.3 is 4.74 Å². The van der Waals surface area contributed by atoms with Gasteiger partial charge >= 0.3 is 12.1 Å². The highest BCUT2D eigenvalue weighted by atomic mass is 79.9. The quantitative estimate of drug-likeness (QED) is 0.602. The van der Waals surface area contributed by atoms with Crippen LogP contribution in [0.1, 0.15) is 30.2 Å². The van der Waals surface area contributed by atoms with Gasteiger partial charge in [0.2, 0.25) is 0 Å². The molecule has 1 heterocycles. The number of aromatic nitrogens is 1. The Hall–Kier alpha value is -1.25. The molecule has 0 radical (unpaired) electrons. The molecule has 0 saturated carbocycles. The predicted molar refractivity (Wildman–Crippen MR) is 62.2 cm³/mol. The molecule has 0 bridgehead atoms. The van der Waals surface area contributed by atoms with E-state index in [1.165, 1.54) is 6.92 Å². The van der Waals surface area contributed by atoms with Crippen molar-refractivity contribution in [2.75, 3.05) is 6.61 Å². The largest absolute Gasteiger partial charge is 0.466 e. The van der Waals surface area contributed by atoms with Gasteiger partial charge in [0.1, 0.15) is 0 Å². The first-order valence-corrected chi connectivity index (χ1v) is 6.16. The Morgan fingerprint density at radius 1 is 1.45 bits per heavy atom. The smallest absolute Gasteiger partial charge is 0.434 e. The summed E-state index contributed by atoms with van der Waals surface area (Å²) in [5.74, 6) is -0.817. The molecule has 0 unspecified atom stereocenters. The topological polar surface area (TPSA) is 39.2 Å². The second-order valence-electron chi connectivity index (χ2n) is 3.64. The molecule has 9 heteroatoms. The van der Waals surface area contributed by atoms with E-state index >= 15 is 0 Å². The van der Waals surface area contributed by atoms with Gasteiger partial charge in [0.25, 0.3) is 6.43 Å². The van der Waals surface area contributed by atoms with Crippen LogP contribution in [0.2, 0.25) is 0 Å². The minimum absolute atomic E-state index is 0.0398. The normalized spacial score (nSPS) is 11.8. The van der Waals surface area contributed by atoms with E-state index in [-0.39, 0.29) is 12.2 Å². The lowest BCUT2D eigenvalue weighted by atomic mass is 10.1. The summed E-state index contributed by atoms with van der Waals surface area (Å²) in [6, 6.07) is 0. The zero-order valence-electron chi connectivity index (χ0n) is 10.1. The van der Waals surface area contributed by atoms with Crippen LogP contribution in [-0.4, -0.2) is 17.6 Å². The van der Waals surface area contributed by atoms with Crippen LogP contribution in [0.25, 0.3) is 0 Å². The Morgan fingerprint density at radius 3 is 2.50 bits per heavy atom. The molecule has 0 amide bonds. The number of halogens is 6. The maximum atomic E-state index is 12.9. The Balaban J connectivity index is 3.27. The minimum atomic E-state index is -4.87. The fourth-order valence-electron chi connectivity index (χ4n) is 1.48.